The molecule has 0 aliphatic carbocycles. The Kier molecular flexibility index (Phi) is 4.67. The molecule has 2 N–H and O–H groups in total. The number of aryl methyl sites for hydroxylation is 1. The summed E-state index contributed by atoms with van der Waals surface area (Å²) in [5.41, 5.74) is 7.42. The van der Waals surface area contributed by atoms with Gasteiger partial charge in [0.15, 0.2) is 17.3 Å². The van der Waals surface area contributed by atoms with Crippen LogP contribution in [0, 0.1) is 23.0 Å². The molecule has 0 spiro atoms. The lowest BCUT2D eigenvalue weighted by Gasteiger charge is -2.21. The predicted molar refractivity (Wildman–Crippen MR) is 114 cm³/mol. The number of halogens is 2. The highest BCUT2D eigenvalue weighted by molar-refractivity contribution is 5.78. The normalized spacial score (nSPS) is 14.3. The van der Waals surface area contributed by atoms with Crippen LogP contribution in [0.2, 0.25) is 0 Å². The lowest BCUT2D eigenvalue weighted by molar-refractivity contribution is 0.227. The van der Waals surface area contributed by atoms with Gasteiger partial charge in [0.05, 0.1) is 5.56 Å². The first-order valence-corrected chi connectivity index (χ1v) is 9.89. The number of hydrogen-bond donors (Lipinski definition) is 1. The quantitative estimate of drug-likeness (QED) is 0.423. The number of nitriles is 1. The van der Waals surface area contributed by atoms with Gasteiger partial charge in [-0.05, 0) is 31.2 Å². The number of pyridine rings is 2. The number of nitrogens with zero attached hydrogens (tertiary/aromatic N) is 5. The van der Waals surface area contributed by atoms with Crippen molar-refractivity contribution < 1.29 is 18.3 Å². The Hall–Kier alpha value is -4.52. The highest BCUT2D eigenvalue weighted by atomic mass is 19.1. The Balaban J connectivity index is 1.87. The summed E-state index contributed by atoms with van der Waals surface area (Å²) in [6, 6.07) is 8.85. The topological polar surface area (TPSA) is 112 Å². The second-order valence-electron chi connectivity index (χ2n) is 7.44. The number of rotatable bonds is 0. The van der Waals surface area contributed by atoms with Gasteiger partial charge in [0.1, 0.15) is 35.2 Å². The molecule has 3 aromatic heterocycles. The standard InChI is InChI=1S/C23H16F2N6O2/c1-11-14-7-13(24)8-15(25)20(14)21-17(4-3-5-28-21)33-23-19(16(9-26)31(2)30-23)12-6-18(32-11)22(27)29-10-12/h3-8,10-11H,1-2H3,(H2,27,29)/t11-/m1/s1. The zero-order valence-electron chi connectivity index (χ0n) is 17.5. The summed E-state index contributed by atoms with van der Waals surface area (Å²) >= 11 is 0. The van der Waals surface area contributed by atoms with Crippen molar-refractivity contribution in [1.82, 2.24) is 19.7 Å². The summed E-state index contributed by atoms with van der Waals surface area (Å²) < 4.78 is 42.8. The van der Waals surface area contributed by atoms with Crippen LogP contribution in [0.3, 0.4) is 0 Å². The number of benzene rings is 1. The van der Waals surface area contributed by atoms with Crippen molar-refractivity contribution >= 4 is 5.82 Å². The number of nitrogen functional groups attached to an aromatic ring is 1. The number of nitrogens with two attached hydrogens (primary N) is 1. The van der Waals surface area contributed by atoms with Crippen LogP contribution in [-0.2, 0) is 7.05 Å². The maximum Gasteiger partial charge on any atom is 0.247 e. The van der Waals surface area contributed by atoms with Crippen molar-refractivity contribution in [3.63, 3.8) is 0 Å². The summed E-state index contributed by atoms with van der Waals surface area (Å²) in [5, 5.41) is 14.0. The molecular weight excluding hydrogens is 430 g/mol. The van der Waals surface area contributed by atoms with Crippen LogP contribution in [-0.4, -0.2) is 19.7 Å². The smallest absolute Gasteiger partial charge is 0.247 e. The number of aromatic nitrogens is 4. The van der Waals surface area contributed by atoms with Crippen molar-refractivity contribution in [3.8, 4) is 45.8 Å². The maximum absolute atomic E-state index is 15.1. The third kappa shape index (κ3) is 3.30. The molecule has 1 aliphatic heterocycles. The zero-order chi connectivity index (χ0) is 23.3. The number of ether oxygens (including phenoxy) is 2. The van der Waals surface area contributed by atoms with Crippen LogP contribution in [0.1, 0.15) is 24.3 Å². The van der Waals surface area contributed by atoms with Crippen LogP contribution in [0.25, 0.3) is 22.4 Å². The molecule has 4 heterocycles. The molecule has 0 saturated carbocycles. The van der Waals surface area contributed by atoms with Crippen LogP contribution in [0.15, 0.2) is 42.7 Å². The number of anilines is 1. The molecule has 0 fully saturated rings. The van der Waals surface area contributed by atoms with E-state index in [1.807, 2.05) is 0 Å². The number of hydrogen-bond acceptors (Lipinski definition) is 7. The molecule has 0 unspecified atom stereocenters. The van der Waals surface area contributed by atoms with Gasteiger partial charge in [0.2, 0.25) is 5.88 Å². The predicted octanol–water partition coefficient (Wildman–Crippen LogP) is 4.52. The average molecular weight is 446 g/mol. The van der Waals surface area contributed by atoms with Crippen LogP contribution in [0.4, 0.5) is 14.6 Å². The van der Waals surface area contributed by atoms with Gasteiger partial charge in [-0.15, -0.1) is 5.10 Å². The van der Waals surface area contributed by atoms with Gasteiger partial charge in [0.25, 0.3) is 0 Å². The van der Waals surface area contributed by atoms with Crippen molar-refractivity contribution in [2.45, 2.75) is 13.0 Å². The maximum atomic E-state index is 15.1. The first-order valence-electron chi connectivity index (χ1n) is 9.89. The third-order valence-corrected chi connectivity index (χ3v) is 5.33. The molecule has 5 rings (SSSR count). The second kappa shape index (κ2) is 7.56. The van der Waals surface area contributed by atoms with Gasteiger partial charge >= 0.3 is 0 Å². The first kappa shape index (κ1) is 20.4. The average Bonchev–Trinajstić information content (AvgIpc) is 3.09. The summed E-state index contributed by atoms with van der Waals surface area (Å²) in [4.78, 5) is 8.48. The fourth-order valence-corrected chi connectivity index (χ4v) is 3.83. The molecule has 4 aromatic rings. The zero-order valence-corrected chi connectivity index (χ0v) is 17.5. The number of fused-ring (bicyclic) bond motifs is 7. The van der Waals surface area contributed by atoms with E-state index in [9.17, 15) is 9.65 Å². The van der Waals surface area contributed by atoms with E-state index in [-0.39, 0.29) is 45.7 Å². The van der Waals surface area contributed by atoms with Crippen molar-refractivity contribution in [1.29, 1.82) is 5.26 Å². The molecular formula is C23H16F2N6O2. The van der Waals surface area contributed by atoms with E-state index in [4.69, 9.17) is 15.2 Å². The van der Waals surface area contributed by atoms with Gasteiger partial charge in [-0.1, -0.05) is 0 Å². The molecule has 10 heteroatoms. The van der Waals surface area contributed by atoms with Crippen molar-refractivity contribution in [2.24, 2.45) is 7.05 Å². The van der Waals surface area contributed by atoms with E-state index in [0.717, 1.165) is 6.07 Å². The molecule has 8 nitrogen and oxygen atoms in total. The molecule has 0 radical (unpaired) electrons. The summed E-state index contributed by atoms with van der Waals surface area (Å²) in [7, 11) is 1.60. The van der Waals surface area contributed by atoms with Crippen LogP contribution in [0.5, 0.6) is 17.4 Å². The van der Waals surface area contributed by atoms with Gasteiger partial charge in [-0.25, -0.2) is 13.8 Å². The lowest BCUT2D eigenvalue weighted by Crippen LogP contribution is -2.10. The van der Waals surface area contributed by atoms with Crippen LogP contribution >= 0.6 is 0 Å². The fraction of sp³-hybridized carbons (Fsp3) is 0.130. The molecule has 0 saturated heterocycles. The molecule has 0 amide bonds. The molecule has 1 aliphatic rings. The Bertz CT molecular complexity index is 1460. The lowest BCUT2D eigenvalue weighted by atomic mass is 9.98. The molecule has 1 aromatic carbocycles. The molecule has 1 atom stereocenters. The van der Waals surface area contributed by atoms with Crippen LogP contribution < -0.4 is 15.2 Å². The Labute approximate surface area is 186 Å². The molecule has 33 heavy (non-hydrogen) atoms. The minimum atomic E-state index is -0.833. The Morgan fingerprint density at radius 2 is 1.97 bits per heavy atom. The van der Waals surface area contributed by atoms with Gasteiger partial charge < -0.3 is 15.2 Å². The van der Waals surface area contributed by atoms with E-state index in [0.29, 0.717) is 11.1 Å². The highest BCUT2D eigenvalue weighted by Gasteiger charge is 2.27. The van der Waals surface area contributed by atoms with E-state index in [1.54, 1.807) is 32.2 Å². The van der Waals surface area contributed by atoms with Gasteiger partial charge in [0, 0.05) is 42.2 Å². The summed E-state index contributed by atoms with van der Waals surface area (Å²) in [6.07, 6.45) is 2.11. The van der Waals surface area contributed by atoms with E-state index >= 15 is 4.39 Å². The summed E-state index contributed by atoms with van der Waals surface area (Å²) in [5.74, 6) is -1.10. The first-order chi connectivity index (χ1) is 15.9. The molecule has 164 valence electrons. The minimum Gasteiger partial charge on any atom is -0.482 e. The Morgan fingerprint density at radius 1 is 1.15 bits per heavy atom. The second-order valence-corrected chi connectivity index (χ2v) is 7.44. The van der Waals surface area contributed by atoms with E-state index < -0.39 is 17.7 Å². The van der Waals surface area contributed by atoms with Crippen molar-refractivity contribution in [2.75, 3.05) is 5.73 Å². The highest BCUT2D eigenvalue weighted by Crippen LogP contribution is 2.43. The van der Waals surface area contributed by atoms with Crippen molar-refractivity contribution in [3.05, 3.63) is 65.6 Å². The van der Waals surface area contributed by atoms with E-state index in [2.05, 4.69) is 21.1 Å². The summed E-state index contributed by atoms with van der Waals surface area (Å²) in [6.45, 7) is 1.63. The largest absolute Gasteiger partial charge is 0.482 e. The van der Waals surface area contributed by atoms with Gasteiger partial charge in [-0.2, -0.15) is 5.26 Å². The molecule has 2 bridgehead atoms. The van der Waals surface area contributed by atoms with Gasteiger partial charge in [-0.3, -0.25) is 9.67 Å². The Morgan fingerprint density at radius 3 is 2.76 bits per heavy atom. The minimum absolute atomic E-state index is 0.0146. The third-order valence-electron chi connectivity index (χ3n) is 5.33. The SMILES string of the molecule is C[C@H]1Oc2cc(cnc2N)-c2c(nn(C)c2C#N)Oc2cccnc2-c2c(F)cc(F)cc21. The van der Waals surface area contributed by atoms with E-state index in [1.165, 1.54) is 23.1 Å². The monoisotopic (exact) mass is 446 g/mol. The fourth-order valence-electron chi connectivity index (χ4n) is 3.83.